The van der Waals surface area contributed by atoms with Crippen LogP contribution in [0.3, 0.4) is 0 Å². The Hall–Kier alpha value is -5.12. The number of nitrogens with zero attached hydrogens (tertiary/aromatic N) is 4. The van der Waals surface area contributed by atoms with Crippen molar-refractivity contribution < 1.29 is 13.9 Å². The van der Waals surface area contributed by atoms with Crippen LogP contribution in [-0.4, -0.2) is 43.2 Å². The summed E-state index contributed by atoms with van der Waals surface area (Å²) in [7, 11) is 1.50. The molecule has 0 aliphatic heterocycles. The van der Waals surface area contributed by atoms with E-state index < -0.39 is 5.82 Å². The first kappa shape index (κ1) is 24.0. The average molecular weight is 534 g/mol. The van der Waals surface area contributed by atoms with E-state index in [1.807, 2.05) is 24.3 Å². The van der Waals surface area contributed by atoms with Crippen molar-refractivity contribution in [3.8, 4) is 39.5 Å². The van der Waals surface area contributed by atoms with Gasteiger partial charge in [-0.15, -0.1) is 0 Å². The molecule has 0 spiro atoms. The highest BCUT2D eigenvalue weighted by molar-refractivity contribution is 6.00. The van der Waals surface area contributed by atoms with Crippen LogP contribution in [0.2, 0.25) is 0 Å². The lowest BCUT2D eigenvalue weighted by atomic mass is 9.85. The van der Waals surface area contributed by atoms with E-state index in [-0.39, 0.29) is 11.8 Å². The molecular weight excluding hydrogens is 509 g/mol. The molecule has 0 unspecified atom stereocenters. The van der Waals surface area contributed by atoms with E-state index in [4.69, 9.17) is 4.74 Å². The van der Waals surface area contributed by atoms with Gasteiger partial charge in [0.15, 0.2) is 5.65 Å². The van der Waals surface area contributed by atoms with Crippen molar-refractivity contribution in [2.24, 2.45) is 5.92 Å². The number of rotatable bonds is 6. The Morgan fingerprint density at radius 3 is 2.67 bits per heavy atom. The number of ether oxygens (including phenoxy) is 1. The van der Waals surface area contributed by atoms with Crippen LogP contribution in [0.25, 0.3) is 55.7 Å². The Kier molecular flexibility index (Phi) is 5.73. The predicted molar refractivity (Wildman–Crippen MR) is 150 cm³/mol. The normalized spacial score (nSPS) is 13.4. The van der Waals surface area contributed by atoms with Crippen molar-refractivity contribution in [3.05, 3.63) is 73.1 Å². The van der Waals surface area contributed by atoms with Gasteiger partial charge >= 0.3 is 0 Å². The number of aromatic amines is 2. The number of halogens is 1. The average Bonchev–Trinajstić information content (AvgIpc) is 3.55. The van der Waals surface area contributed by atoms with Crippen LogP contribution in [0.4, 0.5) is 10.1 Å². The number of hydrogen-bond acceptors (Lipinski definition) is 6. The van der Waals surface area contributed by atoms with Gasteiger partial charge in [0.25, 0.3) is 0 Å². The third-order valence-corrected chi connectivity index (χ3v) is 7.42. The molecule has 5 aromatic heterocycles. The summed E-state index contributed by atoms with van der Waals surface area (Å²) in [5.41, 5.74) is 6.48. The predicted octanol–water partition coefficient (Wildman–Crippen LogP) is 6.12. The Labute approximate surface area is 227 Å². The SMILES string of the molecule is COc1cc(F)cc(-c2nccc3[nH]c(-c4n[nH]c5ncc(-c6cncc(NC(=O)C7CCC7)c6)cc45)cc23)c1. The maximum absolute atomic E-state index is 14.3. The zero-order valence-corrected chi connectivity index (χ0v) is 21.5. The van der Waals surface area contributed by atoms with Gasteiger partial charge in [-0.25, -0.2) is 9.37 Å². The van der Waals surface area contributed by atoms with E-state index in [0.717, 1.165) is 52.4 Å². The molecule has 198 valence electrons. The third-order valence-electron chi connectivity index (χ3n) is 7.42. The standard InChI is InChI=1S/C30H24FN7O2/c1-40-22-9-17(7-20(31)11-22)27-23-12-26(36-25(23)5-6-33-27)28-24-10-19(14-34-29(24)38-37-28)18-8-21(15-32-13-18)35-30(39)16-3-2-4-16/h5-16,36H,2-4H2,1H3,(H,35,39)(H,34,37,38). The summed E-state index contributed by atoms with van der Waals surface area (Å²) in [5, 5.41) is 12.2. The van der Waals surface area contributed by atoms with E-state index in [0.29, 0.717) is 34.0 Å². The number of fused-ring (bicyclic) bond motifs is 2. The van der Waals surface area contributed by atoms with Gasteiger partial charge in [-0.05, 0) is 49.2 Å². The van der Waals surface area contributed by atoms with Crippen molar-refractivity contribution in [1.82, 2.24) is 30.1 Å². The lowest BCUT2D eigenvalue weighted by molar-refractivity contribution is -0.122. The van der Waals surface area contributed by atoms with Gasteiger partial charge < -0.3 is 15.0 Å². The summed E-state index contributed by atoms with van der Waals surface area (Å²) >= 11 is 0. The lowest BCUT2D eigenvalue weighted by Crippen LogP contribution is -2.28. The van der Waals surface area contributed by atoms with Crippen molar-refractivity contribution >= 4 is 33.5 Å². The molecule has 1 aliphatic carbocycles. The zero-order chi connectivity index (χ0) is 27.2. The number of pyridine rings is 3. The van der Waals surface area contributed by atoms with Crippen molar-refractivity contribution in [2.45, 2.75) is 19.3 Å². The molecule has 9 nitrogen and oxygen atoms in total. The minimum absolute atomic E-state index is 0.0419. The van der Waals surface area contributed by atoms with Crippen LogP contribution in [0, 0.1) is 11.7 Å². The molecule has 1 saturated carbocycles. The minimum atomic E-state index is -0.401. The molecule has 6 aromatic rings. The molecular formula is C30H24FN7O2. The summed E-state index contributed by atoms with van der Waals surface area (Å²) in [5.74, 6) is 0.148. The molecule has 3 N–H and O–H groups in total. The summed E-state index contributed by atoms with van der Waals surface area (Å²) in [6, 6.07) is 12.3. The smallest absolute Gasteiger partial charge is 0.227 e. The molecule has 5 heterocycles. The van der Waals surface area contributed by atoms with Crippen molar-refractivity contribution in [1.29, 1.82) is 0 Å². The number of aromatic nitrogens is 6. The van der Waals surface area contributed by atoms with Gasteiger partial charge in [0.05, 0.1) is 30.4 Å². The van der Waals surface area contributed by atoms with Gasteiger partial charge in [0.2, 0.25) is 5.91 Å². The number of H-pyrrole nitrogens is 2. The maximum atomic E-state index is 14.3. The van der Waals surface area contributed by atoms with Crippen LogP contribution in [0.15, 0.2) is 67.3 Å². The van der Waals surface area contributed by atoms with E-state index in [1.165, 1.54) is 19.2 Å². The van der Waals surface area contributed by atoms with E-state index in [9.17, 15) is 9.18 Å². The van der Waals surface area contributed by atoms with Crippen molar-refractivity contribution in [3.63, 3.8) is 0 Å². The molecule has 0 atom stereocenters. The first-order valence-corrected chi connectivity index (χ1v) is 13.0. The highest BCUT2D eigenvalue weighted by Crippen LogP contribution is 2.35. The molecule has 1 fully saturated rings. The number of benzene rings is 1. The largest absolute Gasteiger partial charge is 0.497 e. The third kappa shape index (κ3) is 4.23. The second-order valence-electron chi connectivity index (χ2n) is 9.96. The quantitative estimate of drug-likeness (QED) is 0.237. The first-order valence-electron chi connectivity index (χ1n) is 13.0. The molecule has 10 heteroatoms. The summed E-state index contributed by atoms with van der Waals surface area (Å²) in [6.45, 7) is 0. The van der Waals surface area contributed by atoms with Gasteiger partial charge in [0.1, 0.15) is 17.3 Å². The highest BCUT2D eigenvalue weighted by atomic mass is 19.1. The number of methoxy groups -OCH3 is 1. The minimum Gasteiger partial charge on any atom is -0.497 e. The van der Waals surface area contributed by atoms with Crippen LogP contribution < -0.4 is 10.1 Å². The number of hydrogen-bond donors (Lipinski definition) is 3. The molecule has 1 aromatic carbocycles. The molecule has 0 radical (unpaired) electrons. The molecule has 7 rings (SSSR count). The monoisotopic (exact) mass is 533 g/mol. The summed E-state index contributed by atoms with van der Waals surface area (Å²) < 4.78 is 19.5. The first-order chi connectivity index (χ1) is 19.6. The second kappa shape index (κ2) is 9.57. The Morgan fingerprint density at radius 2 is 1.85 bits per heavy atom. The van der Waals surface area contributed by atoms with Crippen LogP contribution in [-0.2, 0) is 4.79 Å². The molecule has 40 heavy (non-hydrogen) atoms. The summed E-state index contributed by atoms with van der Waals surface area (Å²) in [6.07, 6.45) is 9.80. The van der Waals surface area contributed by atoms with Crippen LogP contribution >= 0.6 is 0 Å². The van der Waals surface area contributed by atoms with Crippen LogP contribution in [0.1, 0.15) is 19.3 Å². The van der Waals surface area contributed by atoms with E-state index >= 15 is 0 Å². The molecule has 1 amide bonds. The van der Waals surface area contributed by atoms with Gasteiger partial charge in [-0.2, -0.15) is 5.10 Å². The topological polar surface area (TPSA) is 121 Å². The highest BCUT2D eigenvalue weighted by Gasteiger charge is 2.25. The number of nitrogens with one attached hydrogen (secondary N) is 3. The fourth-order valence-corrected chi connectivity index (χ4v) is 5.08. The Morgan fingerprint density at radius 1 is 0.975 bits per heavy atom. The Bertz CT molecular complexity index is 1910. The maximum Gasteiger partial charge on any atom is 0.227 e. The molecule has 0 saturated heterocycles. The Balaban J connectivity index is 1.26. The van der Waals surface area contributed by atoms with E-state index in [1.54, 1.807) is 30.9 Å². The van der Waals surface area contributed by atoms with E-state index in [2.05, 4.69) is 35.5 Å². The number of carbonyl (C=O) groups excluding carboxylic acids is 1. The zero-order valence-electron chi connectivity index (χ0n) is 21.5. The van der Waals surface area contributed by atoms with Crippen LogP contribution in [0.5, 0.6) is 5.75 Å². The molecule has 1 aliphatic rings. The van der Waals surface area contributed by atoms with Gasteiger partial charge in [-0.3, -0.25) is 19.9 Å². The van der Waals surface area contributed by atoms with Gasteiger partial charge in [-0.1, -0.05) is 6.42 Å². The second-order valence-corrected chi connectivity index (χ2v) is 9.96. The fourth-order valence-electron chi connectivity index (χ4n) is 5.08. The number of amides is 1. The fraction of sp³-hybridized carbons (Fsp3) is 0.167. The van der Waals surface area contributed by atoms with Crippen molar-refractivity contribution in [2.75, 3.05) is 12.4 Å². The lowest BCUT2D eigenvalue weighted by Gasteiger charge is -2.24. The van der Waals surface area contributed by atoms with Gasteiger partial charge in [0, 0.05) is 63.6 Å². The summed E-state index contributed by atoms with van der Waals surface area (Å²) in [4.78, 5) is 29.3. The molecule has 0 bridgehead atoms. The number of carbonyl (C=O) groups is 1. The number of anilines is 1.